The molecule has 0 bridgehead atoms. The highest BCUT2D eigenvalue weighted by molar-refractivity contribution is 6.09. The summed E-state index contributed by atoms with van der Waals surface area (Å²) in [6.07, 6.45) is 0.118. The third kappa shape index (κ3) is 7.57. The van der Waals surface area contributed by atoms with Gasteiger partial charge in [0.2, 0.25) is 0 Å². The van der Waals surface area contributed by atoms with Gasteiger partial charge in [0.25, 0.3) is 0 Å². The first-order valence-corrected chi connectivity index (χ1v) is 12.7. The number of carbonyl (C=O) groups excluding carboxylic acids is 1. The zero-order valence-electron chi connectivity index (χ0n) is 21.5. The third-order valence-corrected chi connectivity index (χ3v) is 6.35. The summed E-state index contributed by atoms with van der Waals surface area (Å²) in [6, 6.07) is 22.2. The van der Waals surface area contributed by atoms with E-state index in [9.17, 15) is 9.59 Å². The molecule has 1 atom stereocenters. The molecule has 3 aromatic carbocycles. The number of carboxylic acid groups (broad SMARTS) is 1. The Bertz CT molecular complexity index is 1170. The molecular weight excluding hydrogens is 486 g/mol. The maximum atomic E-state index is 12.9. The predicted octanol–water partition coefficient (Wildman–Crippen LogP) is 4.24. The van der Waals surface area contributed by atoms with Gasteiger partial charge in [-0.05, 0) is 66.2 Å². The zero-order valence-corrected chi connectivity index (χ0v) is 21.5. The second-order valence-corrected chi connectivity index (χ2v) is 8.96. The quantitative estimate of drug-likeness (QED) is 0.265. The van der Waals surface area contributed by atoms with Crippen LogP contribution in [-0.4, -0.2) is 69.6 Å². The maximum Gasteiger partial charge on any atom is 0.333 e. The highest BCUT2D eigenvalue weighted by Crippen LogP contribution is 2.20. The van der Waals surface area contributed by atoms with Gasteiger partial charge in [-0.15, -0.1) is 0 Å². The van der Waals surface area contributed by atoms with Gasteiger partial charge >= 0.3 is 5.97 Å². The minimum Gasteiger partial charge on any atom is -0.493 e. The van der Waals surface area contributed by atoms with Gasteiger partial charge in [0.15, 0.2) is 11.9 Å². The van der Waals surface area contributed by atoms with Crippen molar-refractivity contribution < 1.29 is 33.6 Å². The van der Waals surface area contributed by atoms with Gasteiger partial charge in [0, 0.05) is 49.9 Å². The number of hydrogen-bond acceptors (Lipinski definition) is 7. The summed E-state index contributed by atoms with van der Waals surface area (Å²) in [4.78, 5) is 26.2. The van der Waals surface area contributed by atoms with Crippen LogP contribution in [0.25, 0.3) is 0 Å². The Morgan fingerprint density at radius 3 is 1.89 bits per heavy atom. The summed E-state index contributed by atoms with van der Waals surface area (Å²) >= 11 is 0. The molecule has 0 unspecified atom stereocenters. The van der Waals surface area contributed by atoms with Crippen molar-refractivity contribution in [3.8, 4) is 11.5 Å². The molecule has 0 amide bonds. The summed E-state index contributed by atoms with van der Waals surface area (Å²) in [5.74, 6) is 0.396. The molecule has 0 radical (unpaired) electrons. The van der Waals surface area contributed by atoms with Gasteiger partial charge in [-0.25, -0.2) is 4.79 Å². The number of anilines is 1. The Morgan fingerprint density at radius 2 is 1.37 bits per heavy atom. The van der Waals surface area contributed by atoms with E-state index in [2.05, 4.69) is 4.90 Å². The van der Waals surface area contributed by atoms with Crippen LogP contribution in [0.1, 0.15) is 27.9 Å². The molecule has 0 saturated carbocycles. The van der Waals surface area contributed by atoms with Crippen molar-refractivity contribution in [3.63, 3.8) is 0 Å². The summed E-state index contributed by atoms with van der Waals surface area (Å²) in [6.45, 7) is 4.13. The molecule has 3 aromatic rings. The molecule has 200 valence electrons. The minimum absolute atomic E-state index is 0.0230. The number of carbonyl (C=O) groups is 2. The maximum absolute atomic E-state index is 12.9. The Morgan fingerprint density at radius 1 is 0.842 bits per heavy atom. The minimum atomic E-state index is -0.983. The van der Waals surface area contributed by atoms with Gasteiger partial charge < -0.3 is 29.0 Å². The van der Waals surface area contributed by atoms with Gasteiger partial charge in [0.05, 0.1) is 26.4 Å². The molecule has 1 aliphatic heterocycles. The first-order chi connectivity index (χ1) is 18.5. The van der Waals surface area contributed by atoms with E-state index in [1.54, 1.807) is 24.3 Å². The first-order valence-electron chi connectivity index (χ1n) is 12.7. The Balaban J connectivity index is 1.18. The lowest BCUT2D eigenvalue weighted by atomic mass is 10.0. The largest absolute Gasteiger partial charge is 0.493 e. The fourth-order valence-corrected chi connectivity index (χ4v) is 4.16. The van der Waals surface area contributed by atoms with Crippen molar-refractivity contribution in [2.24, 2.45) is 0 Å². The lowest BCUT2D eigenvalue weighted by Crippen LogP contribution is -2.36. The number of benzene rings is 3. The molecular formula is C30H33NO7. The zero-order chi connectivity index (χ0) is 26.7. The molecule has 0 spiro atoms. The number of rotatable bonds is 13. The van der Waals surface area contributed by atoms with E-state index in [4.69, 9.17) is 24.1 Å². The average molecular weight is 520 g/mol. The van der Waals surface area contributed by atoms with Crippen LogP contribution in [0.15, 0.2) is 72.8 Å². The van der Waals surface area contributed by atoms with Crippen molar-refractivity contribution >= 4 is 17.4 Å². The van der Waals surface area contributed by atoms with Crippen molar-refractivity contribution in [3.05, 3.63) is 89.5 Å². The number of methoxy groups -OCH3 is 1. The number of ether oxygens (including phenoxy) is 4. The summed E-state index contributed by atoms with van der Waals surface area (Å²) in [5.41, 5.74) is 3.23. The van der Waals surface area contributed by atoms with E-state index in [1.165, 1.54) is 7.11 Å². The lowest BCUT2D eigenvalue weighted by Gasteiger charge is -2.28. The number of ketones is 1. The fraction of sp³-hybridized carbons (Fsp3) is 0.333. The van der Waals surface area contributed by atoms with Gasteiger partial charge in [-0.2, -0.15) is 0 Å². The number of carboxylic acids is 1. The van der Waals surface area contributed by atoms with Crippen LogP contribution in [0.4, 0.5) is 5.69 Å². The Labute approximate surface area is 222 Å². The SMILES string of the molecule is CO[C@@H](Cc1ccc(OCCCOc2ccc(C(=O)c3ccc(N4CCOCC4)cc3)cc2)cc1)C(=O)O. The van der Waals surface area contributed by atoms with E-state index in [0.717, 1.165) is 37.6 Å². The average Bonchev–Trinajstić information content (AvgIpc) is 2.97. The monoisotopic (exact) mass is 519 g/mol. The van der Waals surface area contributed by atoms with Crippen LogP contribution in [0.3, 0.4) is 0 Å². The van der Waals surface area contributed by atoms with E-state index in [-0.39, 0.29) is 5.78 Å². The first kappa shape index (κ1) is 27.2. The molecule has 4 rings (SSSR count). The number of nitrogens with zero attached hydrogens (tertiary/aromatic N) is 1. The molecule has 0 aromatic heterocycles. The second kappa shape index (κ2) is 13.6. The Kier molecular flexibility index (Phi) is 9.72. The normalized spacial score (nSPS) is 14.1. The standard InChI is InChI=1S/C30H33NO7/c1-35-28(30(33)34)21-22-3-11-26(12-4-22)37-17-2-18-38-27-13-7-24(8-14-27)29(32)23-5-9-25(10-6-23)31-15-19-36-20-16-31/h3-14,28H,2,15-21H2,1H3,(H,33,34)/t28-/m0/s1. The summed E-state index contributed by atoms with van der Waals surface area (Å²) < 4.78 is 21.9. The number of aliphatic carboxylic acids is 1. The van der Waals surface area contributed by atoms with Crippen LogP contribution >= 0.6 is 0 Å². The van der Waals surface area contributed by atoms with E-state index in [0.29, 0.717) is 48.7 Å². The molecule has 1 N–H and O–H groups in total. The predicted molar refractivity (Wildman–Crippen MR) is 144 cm³/mol. The Hall–Kier alpha value is -3.88. The molecule has 8 heteroatoms. The molecule has 0 aliphatic carbocycles. The van der Waals surface area contributed by atoms with Crippen LogP contribution in [0.2, 0.25) is 0 Å². The molecule has 8 nitrogen and oxygen atoms in total. The molecule has 1 saturated heterocycles. The lowest BCUT2D eigenvalue weighted by molar-refractivity contribution is -0.148. The molecule has 1 heterocycles. The van der Waals surface area contributed by atoms with Gasteiger partial charge in [-0.3, -0.25) is 4.79 Å². The van der Waals surface area contributed by atoms with E-state index >= 15 is 0 Å². The highest BCUT2D eigenvalue weighted by Gasteiger charge is 2.17. The van der Waals surface area contributed by atoms with E-state index in [1.807, 2.05) is 48.5 Å². The molecule has 1 aliphatic rings. The van der Waals surface area contributed by atoms with E-state index < -0.39 is 12.1 Å². The highest BCUT2D eigenvalue weighted by atomic mass is 16.5. The van der Waals surface area contributed by atoms with Crippen LogP contribution in [0.5, 0.6) is 11.5 Å². The van der Waals surface area contributed by atoms with Gasteiger partial charge in [-0.1, -0.05) is 12.1 Å². The van der Waals surface area contributed by atoms with Crippen LogP contribution in [-0.2, 0) is 20.7 Å². The topological polar surface area (TPSA) is 94.5 Å². The smallest absolute Gasteiger partial charge is 0.333 e. The van der Waals surface area contributed by atoms with Crippen LogP contribution in [0, 0.1) is 0 Å². The summed E-state index contributed by atoms with van der Waals surface area (Å²) in [5, 5.41) is 9.09. The second-order valence-electron chi connectivity index (χ2n) is 8.96. The van der Waals surface area contributed by atoms with Gasteiger partial charge in [0.1, 0.15) is 11.5 Å². The van der Waals surface area contributed by atoms with Crippen molar-refractivity contribution in [2.45, 2.75) is 18.9 Å². The molecule has 1 fully saturated rings. The molecule has 38 heavy (non-hydrogen) atoms. The third-order valence-electron chi connectivity index (χ3n) is 6.35. The van der Waals surface area contributed by atoms with Crippen LogP contribution < -0.4 is 14.4 Å². The summed E-state index contributed by atoms with van der Waals surface area (Å²) in [7, 11) is 1.39. The van der Waals surface area contributed by atoms with Crippen molar-refractivity contribution in [2.75, 3.05) is 51.5 Å². The fourth-order valence-electron chi connectivity index (χ4n) is 4.16. The van der Waals surface area contributed by atoms with Crippen molar-refractivity contribution in [1.29, 1.82) is 0 Å². The van der Waals surface area contributed by atoms with Crippen molar-refractivity contribution in [1.82, 2.24) is 0 Å². The number of morpholine rings is 1. The number of hydrogen-bond donors (Lipinski definition) is 1.